The predicted molar refractivity (Wildman–Crippen MR) is 70.8 cm³/mol. The maximum Gasteiger partial charge on any atom is 0.248 e. The van der Waals surface area contributed by atoms with Gasteiger partial charge in [-0.05, 0) is 13.0 Å². The first-order chi connectivity index (χ1) is 8.09. The number of benzene rings is 1. The molecule has 86 valence electrons. The van der Waals surface area contributed by atoms with E-state index in [9.17, 15) is 4.79 Å². The Morgan fingerprint density at radius 2 is 2.00 bits per heavy atom. The molecule has 0 spiro atoms. The quantitative estimate of drug-likeness (QED) is 0.651. The van der Waals surface area contributed by atoms with Crippen LogP contribution >= 0.6 is 11.6 Å². The summed E-state index contributed by atoms with van der Waals surface area (Å²) in [6.45, 7) is 1.90. The normalized spacial score (nSPS) is 11.5. The number of aromatic nitrogens is 2. The average molecular weight is 247 g/mol. The van der Waals surface area contributed by atoms with Gasteiger partial charge in [-0.3, -0.25) is 4.79 Å². The molecule has 3 nitrogen and oxygen atoms in total. The summed E-state index contributed by atoms with van der Waals surface area (Å²) in [5, 5.41) is 2.67. The zero-order chi connectivity index (χ0) is 12.2. The van der Waals surface area contributed by atoms with E-state index < -0.39 is 0 Å². The molecule has 1 N–H and O–H groups in total. The lowest BCUT2D eigenvalue weighted by atomic mass is 10.2. The molecule has 0 fully saturated rings. The molecule has 2 aromatic heterocycles. The summed E-state index contributed by atoms with van der Waals surface area (Å²) < 4.78 is 2.03. The topological polar surface area (TPSA) is 37.8 Å². The van der Waals surface area contributed by atoms with Gasteiger partial charge >= 0.3 is 0 Å². The van der Waals surface area contributed by atoms with Crippen molar-refractivity contribution in [1.29, 1.82) is 0 Å². The molecule has 0 aliphatic carbocycles. The largest absolute Gasteiger partial charge is 0.341 e. The number of halogens is 1. The van der Waals surface area contributed by atoms with Gasteiger partial charge in [0.05, 0.1) is 16.1 Å². The number of rotatable bonds is 0. The second kappa shape index (κ2) is 3.37. The minimum absolute atomic E-state index is 0.0810. The van der Waals surface area contributed by atoms with Crippen LogP contribution in [0.5, 0.6) is 0 Å². The minimum Gasteiger partial charge on any atom is -0.341 e. The van der Waals surface area contributed by atoms with Gasteiger partial charge in [0, 0.05) is 29.6 Å². The Hall–Kier alpha value is -1.74. The van der Waals surface area contributed by atoms with Crippen LogP contribution in [0.3, 0.4) is 0 Å². The molecule has 4 heteroatoms. The first kappa shape index (κ1) is 10.4. The van der Waals surface area contributed by atoms with Gasteiger partial charge < -0.3 is 9.55 Å². The van der Waals surface area contributed by atoms with Gasteiger partial charge in [-0.2, -0.15) is 0 Å². The molecular formula is C13H11ClN2O. The highest BCUT2D eigenvalue weighted by molar-refractivity contribution is 6.36. The molecule has 2 heterocycles. The van der Waals surface area contributed by atoms with Crippen LogP contribution in [0.1, 0.15) is 5.69 Å². The van der Waals surface area contributed by atoms with Crippen molar-refractivity contribution in [2.45, 2.75) is 6.92 Å². The zero-order valence-electron chi connectivity index (χ0n) is 9.54. The Kier molecular flexibility index (Phi) is 2.07. The van der Waals surface area contributed by atoms with E-state index in [2.05, 4.69) is 4.98 Å². The summed E-state index contributed by atoms with van der Waals surface area (Å²) in [6, 6.07) is 7.38. The lowest BCUT2D eigenvalue weighted by Crippen LogP contribution is -2.06. The molecule has 0 aliphatic heterocycles. The highest BCUT2D eigenvalue weighted by Crippen LogP contribution is 2.32. The van der Waals surface area contributed by atoms with E-state index in [0.717, 1.165) is 27.5 Å². The fourth-order valence-corrected chi connectivity index (χ4v) is 2.81. The summed E-state index contributed by atoms with van der Waals surface area (Å²) in [4.78, 5) is 14.4. The lowest BCUT2D eigenvalue weighted by Gasteiger charge is -2.01. The van der Waals surface area contributed by atoms with Crippen LogP contribution in [-0.2, 0) is 7.05 Å². The summed E-state index contributed by atoms with van der Waals surface area (Å²) in [5.74, 6) is 0. The molecule has 0 bridgehead atoms. The van der Waals surface area contributed by atoms with Crippen molar-refractivity contribution in [3.05, 3.63) is 45.3 Å². The summed E-state index contributed by atoms with van der Waals surface area (Å²) in [5.41, 5.74) is 2.77. The summed E-state index contributed by atoms with van der Waals surface area (Å²) in [6.07, 6.45) is 0. The highest BCUT2D eigenvalue weighted by atomic mass is 35.5. The van der Waals surface area contributed by atoms with Crippen molar-refractivity contribution in [1.82, 2.24) is 9.55 Å². The number of pyridine rings is 1. The molecule has 3 aromatic rings. The van der Waals surface area contributed by atoms with Crippen LogP contribution in [0.2, 0.25) is 5.02 Å². The summed E-state index contributed by atoms with van der Waals surface area (Å²) in [7, 11) is 1.96. The number of hydrogen-bond donors (Lipinski definition) is 1. The van der Waals surface area contributed by atoms with Crippen molar-refractivity contribution in [3.63, 3.8) is 0 Å². The maximum absolute atomic E-state index is 11.5. The molecule has 0 saturated carbocycles. The fourth-order valence-electron chi connectivity index (χ4n) is 2.50. The zero-order valence-corrected chi connectivity index (χ0v) is 10.3. The van der Waals surface area contributed by atoms with Gasteiger partial charge in [-0.1, -0.05) is 23.7 Å². The van der Waals surface area contributed by atoms with Crippen molar-refractivity contribution in [2.24, 2.45) is 7.05 Å². The monoisotopic (exact) mass is 246 g/mol. The van der Waals surface area contributed by atoms with E-state index in [1.54, 1.807) is 6.07 Å². The number of aryl methyl sites for hydroxylation is 2. The molecule has 3 rings (SSSR count). The van der Waals surface area contributed by atoms with E-state index >= 15 is 0 Å². The predicted octanol–water partition coefficient (Wildman–Crippen LogP) is 2.98. The number of aromatic amines is 1. The minimum atomic E-state index is -0.0810. The maximum atomic E-state index is 11.5. The standard InChI is InChI=1S/C13H11ClN2O/c1-7-12-9(6-11(17)15-7)8-4-3-5-10(14)13(8)16(12)2/h3-6H,1-2H3,(H,15,17). The molecule has 0 aliphatic rings. The number of fused-ring (bicyclic) bond motifs is 3. The number of nitrogens with one attached hydrogen (secondary N) is 1. The van der Waals surface area contributed by atoms with Crippen LogP contribution in [0.15, 0.2) is 29.1 Å². The lowest BCUT2D eigenvalue weighted by molar-refractivity contribution is 0.993. The second-order valence-corrected chi connectivity index (χ2v) is 4.62. The van der Waals surface area contributed by atoms with Crippen LogP contribution in [0, 0.1) is 6.92 Å². The van der Waals surface area contributed by atoms with Crippen LogP contribution in [0.4, 0.5) is 0 Å². The first-order valence-electron chi connectivity index (χ1n) is 5.36. The average Bonchev–Trinajstić information content (AvgIpc) is 2.54. The van der Waals surface area contributed by atoms with Crippen LogP contribution in [-0.4, -0.2) is 9.55 Å². The molecular weight excluding hydrogens is 236 g/mol. The third-order valence-electron chi connectivity index (χ3n) is 3.14. The van der Waals surface area contributed by atoms with Gasteiger partial charge in [0.1, 0.15) is 0 Å². The van der Waals surface area contributed by atoms with Gasteiger partial charge in [-0.25, -0.2) is 0 Å². The van der Waals surface area contributed by atoms with E-state index in [4.69, 9.17) is 11.6 Å². The molecule has 17 heavy (non-hydrogen) atoms. The molecule has 0 radical (unpaired) electrons. The van der Waals surface area contributed by atoms with E-state index in [1.807, 2.05) is 36.7 Å². The van der Waals surface area contributed by atoms with E-state index in [0.29, 0.717) is 5.02 Å². The molecule has 0 saturated heterocycles. The number of para-hydroxylation sites is 1. The van der Waals surface area contributed by atoms with Gasteiger partial charge in [0.2, 0.25) is 5.56 Å². The van der Waals surface area contributed by atoms with Gasteiger partial charge in [-0.15, -0.1) is 0 Å². The number of hydrogen-bond acceptors (Lipinski definition) is 1. The van der Waals surface area contributed by atoms with Crippen LogP contribution < -0.4 is 5.56 Å². The van der Waals surface area contributed by atoms with Crippen molar-refractivity contribution in [3.8, 4) is 0 Å². The van der Waals surface area contributed by atoms with Crippen LogP contribution in [0.25, 0.3) is 21.8 Å². The Balaban J connectivity index is 2.73. The van der Waals surface area contributed by atoms with E-state index in [-0.39, 0.29) is 5.56 Å². The molecule has 0 amide bonds. The highest BCUT2D eigenvalue weighted by Gasteiger charge is 2.12. The number of H-pyrrole nitrogens is 1. The van der Waals surface area contributed by atoms with Crippen molar-refractivity contribution >= 4 is 33.4 Å². The second-order valence-electron chi connectivity index (χ2n) is 4.22. The Morgan fingerprint density at radius 3 is 2.76 bits per heavy atom. The Bertz CT molecular complexity index is 798. The molecule has 0 unspecified atom stereocenters. The smallest absolute Gasteiger partial charge is 0.248 e. The Labute approximate surface area is 103 Å². The number of nitrogens with zero attached hydrogens (tertiary/aromatic N) is 1. The third kappa shape index (κ3) is 1.32. The van der Waals surface area contributed by atoms with E-state index in [1.165, 1.54) is 0 Å². The van der Waals surface area contributed by atoms with Gasteiger partial charge in [0.25, 0.3) is 0 Å². The van der Waals surface area contributed by atoms with Crippen molar-refractivity contribution in [2.75, 3.05) is 0 Å². The third-order valence-corrected chi connectivity index (χ3v) is 3.45. The van der Waals surface area contributed by atoms with Gasteiger partial charge in [0.15, 0.2) is 0 Å². The molecule has 1 aromatic carbocycles. The Morgan fingerprint density at radius 1 is 1.24 bits per heavy atom. The summed E-state index contributed by atoms with van der Waals surface area (Å²) >= 11 is 6.22. The molecule has 0 atom stereocenters. The van der Waals surface area contributed by atoms with Crippen molar-refractivity contribution < 1.29 is 0 Å². The first-order valence-corrected chi connectivity index (χ1v) is 5.74. The SMILES string of the molecule is Cc1[nH]c(=O)cc2c3cccc(Cl)c3n(C)c12. The fraction of sp³-hybridized carbons (Fsp3) is 0.154.